The van der Waals surface area contributed by atoms with Gasteiger partial charge >= 0.3 is 11.9 Å². The summed E-state index contributed by atoms with van der Waals surface area (Å²) in [7, 11) is 0. The molecule has 1 saturated carbocycles. The van der Waals surface area contributed by atoms with Gasteiger partial charge in [0.1, 0.15) is 0 Å². The van der Waals surface area contributed by atoms with Crippen molar-refractivity contribution in [2.24, 2.45) is 5.41 Å². The van der Waals surface area contributed by atoms with Gasteiger partial charge in [0, 0.05) is 0 Å². The van der Waals surface area contributed by atoms with Crippen LogP contribution in [-0.2, 0) is 9.59 Å². The zero-order chi connectivity index (χ0) is 10.1. The molecule has 0 spiro atoms. The maximum atomic E-state index is 10.9. The third kappa shape index (κ3) is 1.32. The zero-order valence-electron chi connectivity index (χ0n) is 7.25. The molecule has 0 heterocycles. The van der Waals surface area contributed by atoms with Crippen LogP contribution in [0.4, 0.5) is 0 Å². The molecular weight excluding hydrogens is 172 g/mol. The molecule has 1 fully saturated rings. The van der Waals surface area contributed by atoms with Crippen molar-refractivity contribution >= 4 is 11.9 Å². The first-order chi connectivity index (χ1) is 6.01. The molecule has 0 atom stereocenters. The van der Waals surface area contributed by atoms with Crippen molar-refractivity contribution in [1.82, 2.24) is 0 Å². The zero-order valence-corrected chi connectivity index (χ0v) is 7.25. The Morgan fingerprint density at radius 3 is 2.08 bits per heavy atom. The molecule has 13 heavy (non-hydrogen) atoms. The van der Waals surface area contributed by atoms with Crippen LogP contribution in [0.1, 0.15) is 25.7 Å². The first-order valence-corrected chi connectivity index (χ1v) is 4.17. The van der Waals surface area contributed by atoms with Gasteiger partial charge in [-0.05, 0) is 24.8 Å². The Morgan fingerprint density at radius 1 is 1.23 bits per heavy atom. The largest absolute Gasteiger partial charge is 0.480 e. The lowest BCUT2D eigenvalue weighted by Crippen LogP contribution is -2.42. The Bertz CT molecular complexity index is 253. The summed E-state index contributed by atoms with van der Waals surface area (Å²) in [6, 6.07) is 0. The molecule has 0 aromatic rings. The molecule has 0 aliphatic heterocycles. The molecule has 0 aromatic heterocycles. The van der Waals surface area contributed by atoms with E-state index in [9.17, 15) is 9.59 Å². The van der Waals surface area contributed by atoms with Crippen LogP contribution in [0, 0.1) is 5.41 Å². The van der Waals surface area contributed by atoms with Crippen LogP contribution in [0.3, 0.4) is 0 Å². The molecule has 0 amide bonds. The first-order valence-electron chi connectivity index (χ1n) is 4.17. The monoisotopic (exact) mass is 184 g/mol. The van der Waals surface area contributed by atoms with E-state index in [0.717, 1.165) is 6.42 Å². The number of carbonyl (C=O) groups is 2. The fourth-order valence-corrected chi connectivity index (χ4v) is 1.73. The molecule has 2 N–H and O–H groups in total. The summed E-state index contributed by atoms with van der Waals surface area (Å²) >= 11 is 0. The number of carboxylic acids is 2. The van der Waals surface area contributed by atoms with E-state index in [-0.39, 0.29) is 6.42 Å². The SMILES string of the molecule is C=C1CCCCC1(C(=O)O)C(=O)O. The lowest BCUT2D eigenvalue weighted by Gasteiger charge is -2.30. The topological polar surface area (TPSA) is 74.6 Å². The maximum absolute atomic E-state index is 10.9. The summed E-state index contributed by atoms with van der Waals surface area (Å²) in [6.07, 6.45) is 2.13. The van der Waals surface area contributed by atoms with Crippen LogP contribution in [0.25, 0.3) is 0 Å². The van der Waals surface area contributed by atoms with Gasteiger partial charge in [-0.3, -0.25) is 9.59 Å². The highest BCUT2D eigenvalue weighted by atomic mass is 16.4. The van der Waals surface area contributed by atoms with Gasteiger partial charge < -0.3 is 10.2 Å². The molecule has 0 saturated heterocycles. The number of carboxylic acid groups (broad SMARTS) is 2. The maximum Gasteiger partial charge on any atom is 0.325 e. The minimum Gasteiger partial charge on any atom is -0.480 e. The molecule has 0 bridgehead atoms. The fourth-order valence-electron chi connectivity index (χ4n) is 1.73. The predicted octanol–water partition coefficient (Wildman–Crippen LogP) is 1.27. The highest BCUT2D eigenvalue weighted by Gasteiger charge is 2.49. The Morgan fingerprint density at radius 2 is 1.77 bits per heavy atom. The molecule has 0 radical (unpaired) electrons. The van der Waals surface area contributed by atoms with Crippen molar-refractivity contribution in [2.75, 3.05) is 0 Å². The first kappa shape index (κ1) is 9.77. The molecule has 72 valence electrons. The van der Waals surface area contributed by atoms with E-state index < -0.39 is 17.4 Å². The van der Waals surface area contributed by atoms with Crippen LogP contribution in [-0.4, -0.2) is 22.2 Å². The van der Waals surface area contributed by atoms with Gasteiger partial charge in [0.15, 0.2) is 5.41 Å². The van der Waals surface area contributed by atoms with Gasteiger partial charge in [0.05, 0.1) is 0 Å². The Hall–Kier alpha value is -1.32. The number of hydrogen-bond acceptors (Lipinski definition) is 2. The third-order valence-corrected chi connectivity index (χ3v) is 2.61. The normalized spacial score (nSPS) is 21.1. The highest BCUT2D eigenvalue weighted by Crippen LogP contribution is 2.40. The van der Waals surface area contributed by atoms with Crippen molar-refractivity contribution in [2.45, 2.75) is 25.7 Å². The van der Waals surface area contributed by atoms with Crippen molar-refractivity contribution in [3.63, 3.8) is 0 Å². The summed E-state index contributed by atoms with van der Waals surface area (Å²) in [5, 5.41) is 17.8. The summed E-state index contributed by atoms with van der Waals surface area (Å²) < 4.78 is 0. The molecule has 0 aromatic carbocycles. The molecule has 1 rings (SSSR count). The minimum atomic E-state index is -1.72. The second-order valence-corrected chi connectivity index (χ2v) is 3.33. The predicted molar refractivity (Wildman–Crippen MR) is 45.3 cm³/mol. The standard InChI is InChI=1S/C9H12O4/c1-6-4-2-3-5-9(6,7(10)11)8(12)13/h1-5H2,(H,10,11)(H,12,13). The second-order valence-electron chi connectivity index (χ2n) is 3.33. The van der Waals surface area contributed by atoms with Gasteiger partial charge in [0.2, 0.25) is 0 Å². The van der Waals surface area contributed by atoms with Gasteiger partial charge in [-0.15, -0.1) is 0 Å². The average molecular weight is 184 g/mol. The molecule has 0 unspecified atom stereocenters. The van der Waals surface area contributed by atoms with Crippen LogP contribution >= 0.6 is 0 Å². The van der Waals surface area contributed by atoms with E-state index in [2.05, 4.69) is 6.58 Å². The lowest BCUT2D eigenvalue weighted by atomic mass is 9.71. The lowest BCUT2D eigenvalue weighted by molar-refractivity contribution is -0.162. The summed E-state index contributed by atoms with van der Waals surface area (Å²) in [4.78, 5) is 21.8. The molecule has 1 aliphatic carbocycles. The van der Waals surface area contributed by atoms with Crippen LogP contribution in [0.15, 0.2) is 12.2 Å². The number of rotatable bonds is 2. The molecular formula is C9H12O4. The van der Waals surface area contributed by atoms with E-state index in [1.54, 1.807) is 0 Å². The van der Waals surface area contributed by atoms with Crippen molar-refractivity contribution in [1.29, 1.82) is 0 Å². The Kier molecular flexibility index (Phi) is 2.40. The summed E-state index contributed by atoms with van der Waals surface area (Å²) in [5.41, 5.74) is -1.41. The van der Waals surface area contributed by atoms with E-state index in [1.807, 2.05) is 0 Å². The van der Waals surface area contributed by atoms with Gasteiger partial charge in [-0.1, -0.05) is 13.0 Å². The third-order valence-electron chi connectivity index (χ3n) is 2.61. The van der Waals surface area contributed by atoms with Crippen molar-refractivity contribution < 1.29 is 19.8 Å². The van der Waals surface area contributed by atoms with Gasteiger partial charge in [-0.25, -0.2) is 0 Å². The smallest absolute Gasteiger partial charge is 0.325 e. The van der Waals surface area contributed by atoms with E-state index in [0.29, 0.717) is 18.4 Å². The second kappa shape index (κ2) is 3.20. The number of aliphatic carboxylic acids is 2. The Balaban J connectivity index is 3.07. The summed E-state index contributed by atoms with van der Waals surface area (Å²) in [5.74, 6) is -2.57. The minimum absolute atomic E-state index is 0.163. The van der Waals surface area contributed by atoms with E-state index in [1.165, 1.54) is 0 Å². The average Bonchev–Trinajstić information content (AvgIpc) is 2.04. The van der Waals surface area contributed by atoms with E-state index in [4.69, 9.17) is 10.2 Å². The van der Waals surface area contributed by atoms with Crippen LogP contribution < -0.4 is 0 Å². The van der Waals surface area contributed by atoms with Crippen molar-refractivity contribution in [3.05, 3.63) is 12.2 Å². The fraction of sp³-hybridized carbons (Fsp3) is 0.556. The molecule has 4 heteroatoms. The van der Waals surface area contributed by atoms with Crippen LogP contribution in [0.5, 0.6) is 0 Å². The molecule has 4 nitrogen and oxygen atoms in total. The van der Waals surface area contributed by atoms with Crippen molar-refractivity contribution in [3.8, 4) is 0 Å². The Labute approximate surface area is 75.9 Å². The van der Waals surface area contributed by atoms with Gasteiger partial charge in [0.25, 0.3) is 0 Å². The number of hydrogen-bond donors (Lipinski definition) is 2. The summed E-state index contributed by atoms with van der Waals surface area (Å²) in [6.45, 7) is 3.55. The van der Waals surface area contributed by atoms with Crippen LogP contribution in [0.2, 0.25) is 0 Å². The molecule has 1 aliphatic rings. The highest BCUT2D eigenvalue weighted by molar-refractivity contribution is 6.01. The van der Waals surface area contributed by atoms with Gasteiger partial charge in [-0.2, -0.15) is 0 Å². The van der Waals surface area contributed by atoms with E-state index >= 15 is 0 Å². The quantitative estimate of drug-likeness (QED) is 0.500.